The second kappa shape index (κ2) is 5.95. The number of carbonyl (C=O) groups is 1. The van der Waals surface area contributed by atoms with Crippen LogP contribution in [0.3, 0.4) is 0 Å². The van der Waals surface area contributed by atoms with Crippen LogP contribution in [0.15, 0.2) is 0 Å². The van der Waals surface area contributed by atoms with E-state index in [0.717, 1.165) is 19.3 Å². The first-order valence-electron chi connectivity index (χ1n) is 7.13. The van der Waals surface area contributed by atoms with Gasteiger partial charge in [-0.3, -0.25) is 9.35 Å². The minimum atomic E-state index is -5.56. The maximum atomic E-state index is 13.1. The Hall–Kier alpha value is 0.240. The van der Waals surface area contributed by atoms with Crippen molar-refractivity contribution < 1.29 is 31.3 Å². The Bertz CT molecular complexity index is 527. The number of ether oxygens (including phenoxy) is 1. The van der Waals surface area contributed by atoms with Gasteiger partial charge in [0.15, 0.2) is 6.61 Å². The molecule has 22 heavy (non-hydrogen) atoms. The molecule has 0 amide bonds. The molecule has 1 radical (unpaired) electrons. The summed E-state index contributed by atoms with van der Waals surface area (Å²) in [4.78, 5) is 12.2. The van der Waals surface area contributed by atoms with E-state index in [2.05, 4.69) is 4.74 Å². The Morgan fingerprint density at radius 3 is 1.91 bits per heavy atom. The average Bonchev–Trinajstić information content (AvgIpc) is 2.32. The quantitative estimate of drug-likeness (QED) is 0.477. The Morgan fingerprint density at radius 2 is 1.55 bits per heavy atom. The normalized spacial score (nSPS) is 36.8. The van der Waals surface area contributed by atoms with Crippen LogP contribution in [-0.4, -0.2) is 60.4 Å². The van der Waals surface area contributed by atoms with Crippen LogP contribution in [0, 0.1) is 23.2 Å². The van der Waals surface area contributed by atoms with E-state index in [4.69, 9.17) is 4.55 Å². The number of hydrogen-bond acceptors (Lipinski definition) is 4. The van der Waals surface area contributed by atoms with E-state index in [-0.39, 0.29) is 29.6 Å². The van der Waals surface area contributed by atoms with Crippen LogP contribution in [0.5, 0.6) is 0 Å². The zero-order valence-corrected chi connectivity index (χ0v) is 15.2. The fourth-order valence-electron chi connectivity index (χ4n) is 4.74. The summed E-state index contributed by atoms with van der Waals surface area (Å²) in [6, 6.07) is 0. The first-order chi connectivity index (χ1) is 9.61. The van der Waals surface area contributed by atoms with Crippen molar-refractivity contribution in [3.8, 4) is 0 Å². The summed E-state index contributed by atoms with van der Waals surface area (Å²) >= 11 is 0. The van der Waals surface area contributed by atoms with Crippen LogP contribution in [0.4, 0.5) is 8.78 Å². The first-order valence-corrected chi connectivity index (χ1v) is 8.57. The van der Waals surface area contributed by atoms with E-state index in [9.17, 15) is 22.0 Å². The van der Waals surface area contributed by atoms with Crippen molar-refractivity contribution in [2.24, 2.45) is 23.2 Å². The van der Waals surface area contributed by atoms with Crippen molar-refractivity contribution in [3.63, 3.8) is 0 Å². The predicted octanol–water partition coefficient (Wildman–Crippen LogP) is 1.85. The van der Waals surface area contributed by atoms with Crippen LogP contribution < -0.4 is 0 Å². The standard InChI is InChI=1S/C13H18F2O5S.Na/c14-13(15,21(17,18)19)7-20-11(16)12-4-8-1-9(5-12)3-10(2-8)6-12;/h8-10H,1-7H2,(H,17,18,19);. The Balaban J connectivity index is 0.00000176. The molecule has 4 bridgehead atoms. The molecule has 0 heterocycles. The molecule has 0 spiro atoms. The number of rotatable bonds is 4. The van der Waals surface area contributed by atoms with E-state index in [1.165, 1.54) is 0 Å². The summed E-state index contributed by atoms with van der Waals surface area (Å²) < 4.78 is 60.4. The number of alkyl halides is 2. The molecule has 0 aromatic heterocycles. The third-order valence-corrected chi connectivity index (χ3v) is 6.09. The van der Waals surface area contributed by atoms with Crippen LogP contribution in [-0.2, 0) is 19.6 Å². The molecule has 0 aromatic carbocycles. The van der Waals surface area contributed by atoms with Crippen molar-refractivity contribution >= 4 is 45.6 Å². The molecular weight excluding hydrogens is 329 g/mol. The summed E-state index contributed by atoms with van der Waals surface area (Å²) in [5.74, 6) is 0.618. The summed E-state index contributed by atoms with van der Waals surface area (Å²) in [5, 5.41) is -4.45. The SMILES string of the molecule is O=C(OCC(F)(F)S(=O)(=O)O)C12CC3CC(CC(C3)C1)C2.[Na]. The zero-order chi connectivity index (χ0) is 15.5. The van der Waals surface area contributed by atoms with E-state index in [0.29, 0.717) is 37.0 Å². The maximum absolute atomic E-state index is 13.1. The van der Waals surface area contributed by atoms with E-state index < -0.39 is 33.4 Å². The van der Waals surface area contributed by atoms with Crippen LogP contribution in [0.25, 0.3) is 0 Å². The second-order valence-corrected chi connectivity index (χ2v) is 8.43. The zero-order valence-electron chi connectivity index (χ0n) is 12.4. The molecule has 4 aliphatic carbocycles. The van der Waals surface area contributed by atoms with Crippen LogP contribution >= 0.6 is 0 Å². The average molecular weight is 347 g/mol. The summed E-state index contributed by atoms with van der Waals surface area (Å²) in [5.41, 5.74) is -0.718. The number of hydrogen-bond donors (Lipinski definition) is 1. The molecule has 0 unspecified atom stereocenters. The van der Waals surface area contributed by atoms with Crippen molar-refractivity contribution in [3.05, 3.63) is 0 Å². The molecule has 9 heteroatoms. The molecule has 5 nitrogen and oxygen atoms in total. The summed E-state index contributed by atoms with van der Waals surface area (Å²) in [6.07, 6.45) is 5.22. The van der Waals surface area contributed by atoms with Gasteiger partial charge in [0.25, 0.3) is 0 Å². The molecule has 0 aliphatic heterocycles. The number of halogens is 2. The molecule has 0 saturated heterocycles. The summed E-state index contributed by atoms with van der Waals surface area (Å²) in [7, 11) is -5.56. The van der Waals surface area contributed by atoms with Gasteiger partial charge in [0.05, 0.1) is 5.41 Å². The van der Waals surface area contributed by atoms with E-state index in [1.54, 1.807) is 0 Å². The Labute approximate surface area is 150 Å². The second-order valence-electron chi connectivity index (χ2n) is 6.89. The van der Waals surface area contributed by atoms with Gasteiger partial charge in [0.2, 0.25) is 0 Å². The topological polar surface area (TPSA) is 80.7 Å². The van der Waals surface area contributed by atoms with Gasteiger partial charge >= 0.3 is 21.3 Å². The third kappa shape index (κ3) is 3.22. The van der Waals surface area contributed by atoms with E-state index in [1.807, 2.05) is 0 Å². The molecule has 0 aromatic rings. The Morgan fingerprint density at radius 1 is 1.14 bits per heavy atom. The molecule has 0 atom stereocenters. The van der Waals surface area contributed by atoms with Crippen molar-refractivity contribution in [2.75, 3.05) is 6.61 Å². The maximum Gasteiger partial charge on any atom is 0.402 e. The minimum Gasteiger partial charge on any atom is -0.458 e. The smallest absolute Gasteiger partial charge is 0.402 e. The molecular formula is C13H18F2NaO5S. The molecule has 121 valence electrons. The third-order valence-electron chi connectivity index (χ3n) is 5.22. The predicted molar refractivity (Wildman–Crippen MR) is 73.8 cm³/mol. The molecule has 4 aliphatic rings. The fraction of sp³-hybridized carbons (Fsp3) is 0.923. The Kier molecular flexibility index (Phi) is 5.02. The van der Waals surface area contributed by atoms with E-state index >= 15 is 0 Å². The van der Waals surface area contributed by atoms with Gasteiger partial charge < -0.3 is 4.74 Å². The van der Waals surface area contributed by atoms with Gasteiger partial charge in [0, 0.05) is 29.6 Å². The van der Waals surface area contributed by atoms with Gasteiger partial charge in [-0.1, -0.05) is 0 Å². The van der Waals surface area contributed by atoms with Crippen LogP contribution in [0.1, 0.15) is 38.5 Å². The molecule has 4 fully saturated rings. The van der Waals surface area contributed by atoms with Gasteiger partial charge in [-0.15, -0.1) is 0 Å². The van der Waals surface area contributed by atoms with Gasteiger partial charge in [0.1, 0.15) is 0 Å². The van der Waals surface area contributed by atoms with Crippen molar-refractivity contribution in [2.45, 2.75) is 43.8 Å². The van der Waals surface area contributed by atoms with Gasteiger partial charge in [-0.05, 0) is 56.3 Å². The first kappa shape index (κ1) is 18.6. The fourth-order valence-corrected chi connectivity index (χ4v) is 4.95. The minimum absolute atomic E-state index is 0. The molecule has 4 saturated carbocycles. The van der Waals surface area contributed by atoms with Crippen molar-refractivity contribution in [1.82, 2.24) is 0 Å². The van der Waals surface area contributed by atoms with Crippen molar-refractivity contribution in [1.29, 1.82) is 0 Å². The number of esters is 1. The number of carbonyl (C=O) groups excluding carboxylic acids is 1. The summed E-state index contributed by atoms with van der Waals surface area (Å²) in [6.45, 7) is -1.62. The monoisotopic (exact) mass is 347 g/mol. The van der Waals surface area contributed by atoms with Crippen LogP contribution in [0.2, 0.25) is 0 Å². The molecule has 4 rings (SSSR count). The van der Waals surface area contributed by atoms with Gasteiger partial charge in [-0.2, -0.15) is 17.2 Å². The van der Waals surface area contributed by atoms with Gasteiger partial charge in [-0.25, -0.2) is 0 Å². The molecule has 1 N–H and O–H groups in total. The largest absolute Gasteiger partial charge is 0.458 e.